The van der Waals surface area contributed by atoms with Crippen LogP contribution in [0.2, 0.25) is 0 Å². The van der Waals surface area contributed by atoms with Gasteiger partial charge in [-0.3, -0.25) is 0 Å². The highest BCUT2D eigenvalue weighted by atomic mass is 32.1. The van der Waals surface area contributed by atoms with E-state index in [2.05, 4.69) is 4.90 Å². The van der Waals surface area contributed by atoms with Gasteiger partial charge in [0.05, 0.1) is 0 Å². The molecule has 0 saturated carbocycles. The predicted octanol–water partition coefficient (Wildman–Crippen LogP) is 4.49. The van der Waals surface area contributed by atoms with Crippen molar-refractivity contribution in [3.05, 3.63) is 52.7 Å². The normalized spacial score (nSPS) is 16.2. The smallest absolute Gasteiger partial charge is 0.425 e. The SMILES string of the molecule is O=C(Oc1ccccc1)OC(CCN1CCCC1)c1cccs1. The van der Waals surface area contributed by atoms with E-state index in [4.69, 9.17) is 9.47 Å². The molecule has 0 radical (unpaired) electrons. The number of carbonyl (C=O) groups is 1. The number of hydrogen-bond acceptors (Lipinski definition) is 5. The van der Waals surface area contributed by atoms with Gasteiger partial charge in [-0.15, -0.1) is 11.3 Å². The fourth-order valence-corrected chi connectivity index (χ4v) is 3.55. The highest BCUT2D eigenvalue weighted by molar-refractivity contribution is 7.10. The Bertz CT molecular complexity index is 594. The molecule has 4 nitrogen and oxygen atoms in total. The first kappa shape index (κ1) is 16.0. The van der Waals surface area contributed by atoms with E-state index in [0.29, 0.717) is 5.75 Å². The minimum Gasteiger partial charge on any atom is -0.425 e. The van der Waals surface area contributed by atoms with E-state index in [1.807, 2.05) is 35.7 Å². The number of likely N-dealkylation sites (tertiary alicyclic amines) is 1. The summed E-state index contributed by atoms with van der Waals surface area (Å²) in [6.45, 7) is 3.23. The fourth-order valence-electron chi connectivity index (χ4n) is 2.76. The summed E-state index contributed by atoms with van der Waals surface area (Å²) in [7, 11) is 0. The van der Waals surface area contributed by atoms with Gasteiger partial charge in [0.15, 0.2) is 0 Å². The van der Waals surface area contributed by atoms with Crippen LogP contribution < -0.4 is 4.74 Å². The molecule has 0 spiro atoms. The largest absolute Gasteiger partial charge is 0.514 e. The first-order chi connectivity index (χ1) is 11.3. The summed E-state index contributed by atoms with van der Waals surface area (Å²) in [4.78, 5) is 15.5. The Balaban J connectivity index is 1.57. The van der Waals surface area contributed by atoms with Crippen molar-refractivity contribution in [3.8, 4) is 5.75 Å². The van der Waals surface area contributed by atoms with Crippen LogP contribution in [-0.2, 0) is 4.74 Å². The molecule has 1 aromatic heterocycles. The predicted molar refractivity (Wildman–Crippen MR) is 90.9 cm³/mol. The molecule has 1 aromatic carbocycles. The second-order valence-corrected chi connectivity index (χ2v) is 6.60. The van der Waals surface area contributed by atoms with Gasteiger partial charge < -0.3 is 14.4 Å². The molecule has 1 aliphatic heterocycles. The van der Waals surface area contributed by atoms with Crippen LogP contribution >= 0.6 is 11.3 Å². The van der Waals surface area contributed by atoms with E-state index in [1.54, 1.807) is 23.5 Å². The van der Waals surface area contributed by atoms with Gasteiger partial charge in [0.1, 0.15) is 11.9 Å². The Morgan fingerprint density at radius 3 is 2.61 bits per heavy atom. The van der Waals surface area contributed by atoms with Gasteiger partial charge in [0.25, 0.3) is 0 Å². The second kappa shape index (κ2) is 8.13. The van der Waals surface area contributed by atoms with Gasteiger partial charge in [0, 0.05) is 17.8 Å². The number of thiophene rings is 1. The van der Waals surface area contributed by atoms with Crippen LogP contribution in [0.3, 0.4) is 0 Å². The molecule has 5 heteroatoms. The quantitative estimate of drug-likeness (QED) is 0.577. The maximum Gasteiger partial charge on any atom is 0.514 e. The third kappa shape index (κ3) is 4.81. The van der Waals surface area contributed by atoms with Gasteiger partial charge in [-0.05, 0) is 49.5 Å². The summed E-state index contributed by atoms with van der Waals surface area (Å²) in [6, 6.07) is 13.0. The zero-order valence-electron chi connectivity index (χ0n) is 13.0. The Morgan fingerprint density at radius 1 is 1.13 bits per heavy atom. The van der Waals surface area contributed by atoms with Crippen molar-refractivity contribution < 1.29 is 14.3 Å². The third-order valence-corrected chi connectivity index (χ3v) is 4.91. The Labute approximate surface area is 140 Å². The number of nitrogens with zero attached hydrogens (tertiary/aromatic N) is 1. The average Bonchev–Trinajstić information content (AvgIpc) is 3.26. The number of benzene rings is 1. The summed E-state index contributed by atoms with van der Waals surface area (Å²) >= 11 is 1.61. The fraction of sp³-hybridized carbons (Fsp3) is 0.389. The van der Waals surface area contributed by atoms with E-state index in [0.717, 1.165) is 30.9 Å². The van der Waals surface area contributed by atoms with Crippen molar-refractivity contribution in [2.75, 3.05) is 19.6 Å². The minimum atomic E-state index is -0.643. The number of rotatable bonds is 6. The van der Waals surface area contributed by atoms with E-state index in [-0.39, 0.29) is 6.10 Å². The van der Waals surface area contributed by atoms with Crippen LogP contribution in [0, 0.1) is 0 Å². The van der Waals surface area contributed by atoms with Crippen LogP contribution in [0.4, 0.5) is 4.79 Å². The first-order valence-corrected chi connectivity index (χ1v) is 8.88. The van der Waals surface area contributed by atoms with Crippen molar-refractivity contribution in [1.82, 2.24) is 4.90 Å². The van der Waals surface area contributed by atoms with Crippen molar-refractivity contribution in [1.29, 1.82) is 0 Å². The van der Waals surface area contributed by atoms with Gasteiger partial charge in [-0.2, -0.15) is 0 Å². The minimum absolute atomic E-state index is 0.244. The van der Waals surface area contributed by atoms with Gasteiger partial charge in [0.2, 0.25) is 0 Å². The topological polar surface area (TPSA) is 38.8 Å². The number of carbonyl (C=O) groups excluding carboxylic acids is 1. The molecular formula is C18H21NO3S. The van der Waals surface area contributed by atoms with Crippen molar-refractivity contribution in [2.45, 2.75) is 25.4 Å². The summed E-state index contributed by atoms with van der Waals surface area (Å²) < 4.78 is 10.8. The van der Waals surface area contributed by atoms with E-state index >= 15 is 0 Å². The molecular weight excluding hydrogens is 310 g/mol. The number of hydrogen-bond donors (Lipinski definition) is 0. The maximum absolute atomic E-state index is 12.1. The maximum atomic E-state index is 12.1. The van der Waals surface area contributed by atoms with Gasteiger partial charge in [-0.25, -0.2) is 4.79 Å². The molecule has 0 aliphatic carbocycles. The summed E-state index contributed by atoms with van der Waals surface area (Å²) in [5.74, 6) is 0.502. The molecule has 0 amide bonds. The molecule has 1 unspecified atom stereocenters. The van der Waals surface area contributed by atoms with E-state index in [9.17, 15) is 4.79 Å². The lowest BCUT2D eigenvalue weighted by atomic mass is 10.2. The van der Waals surface area contributed by atoms with Crippen LogP contribution in [-0.4, -0.2) is 30.7 Å². The molecule has 2 aromatic rings. The van der Waals surface area contributed by atoms with Gasteiger partial charge >= 0.3 is 6.16 Å². The molecule has 23 heavy (non-hydrogen) atoms. The average molecular weight is 331 g/mol. The summed E-state index contributed by atoms with van der Waals surface area (Å²) in [5, 5.41) is 2.00. The molecule has 2 heterocycles. The molecule has 1 aliphatic rings. The monoisotopic (exact) mass is 331 g/mol. The zero-order chi connectivity index (χ0) is 15.9. The third-order valence-electron chi connectivity index (χ3n) is 3.95. The van der Waals surface area contributed by atoms with Crippen LogP contribution in [0.5, 0.6) is 5.75 Å². The van der Waals surface area contributed by atoms with Crippen LogP contribution in [0.25, 0.3) is 0 Å². The lowest BCUT2D eigenvalue weighted by Crippen LogP contribution is -2.24. The molecule has 0 bridgehead atoms. The van der Waals surface area contributed by atoms with Crippen LogP contribution in [0.15, 0.2) is 47.8 Å². The molecule has 1 fully saturated rings. The molecule has 3 rings (SSSR count). The highest BCUT2D eigenvalue weighted by Crippen LogP contribution is 2.27. The van der Waals surface area contributed by atoms with E-state index < -0.39 is 6.16 Å². The molecule has 122 valence electrons. The zero-order valence-corrected chi connectivity index (χ0v) is 13.8. The molecule has 0 N–H and O–H groups in total. The first-order valence-electron chi connectivity index (χ1n) is 8.00. The lowest BCUT2D eigenvalue weighted by Gasteiger charge is -2.20. The van der Waals surface area contributed by atoms with Crippen molar-refractivity contribution in [2.24, 2.45) is 0 Å². The highest BCUT2D eigenvalue weighted by Gasteiger charge is 2.21. The molecule has 1 saturated heterocycles. The number of ether oxygens (including phenoxy) is 2. The standard InChI is InChI=1S/C18H21NO3S/c20-18(21-15-7-2-1-3-8-15)22-16(17-9-6-14-23-17)10-13-19-11-4-5-12-19/h1-3,6-9,14,16H,4-5,10-13H2. The second-order valence-electron chi connectivity index (χ2n) is 5.62. The Morgan fingerprint density at radius 2 is 1.91 bits per heavy atom. The van der Waals surface area contributed by atoms with E-state index in [1.165, 1.54) is 12.8 Å². The Hall–Kier alpha value is -1.85. The lowest BCUT2D eigenvalue weighted by molar-refractivity contribution is 0.0514. The van der Waals surface area contributed by atoms with Crippen molar-refractivity contribution >= 4 is 17.5 Å². The van der Waals surface area contributed by atoms with Crippen LogP contribution in [0.1, 0.15) is 30.2 Å². The van der Waals surface area contributed by atoms with Gasteiger partial charge in [-0.1, -0.05) is 24.3 Å². The summed E-state index contributed by atoms with van der Waals surface area (Å²) in [6.07, 6.45) is 2.44. The van der Waals surface area contributed by atoms with Crippen molar-refractivity contribution in [3.63, 3.8) is 0 Å². The summed E-state index contributed by atoms with van der Waals surface area (Å²) in [5.41, 5.74) is 0. The number of para-hydroxylation sites is 1. The molecule has 1 atom stereocenters. The Kier molecular flexibility index (Phi) is 5.66.